The van der Waals surface area contributed by atoms with Gasteiger partial charge in [-0.3, -0.25) is 4.79 Å². The summed E-state index contributed by atoms with van der Waals surface area (Å²) in [4.78, 5) is 22.8. The number of esters is 1. The maximum atomic E-state index is 11.6. The van der Waals surface area contributed by atoms with Gasteiger partial charge in [0.2, 0.25) is 0 Å². The van der Waals surface area contributed by atoms with Gasteiger partial charge in [0.15, 0.2) is 5.78 Å². The van der Waals surface area contributed by atoms with Crippen LogP contribution in [0.2, 0.25) is 0 Å². The van der Waals surface area contributed by atoms with Crippen LogP contribution in [0.5, 0.6) is 0 Å². The van der Waals surface area contributed by atoms with Crippen molar-refractivity contribution in [1.29, 1.82) is 0 Å². The molecule has 0 aliphatic rings. The van der Waals surface area contributed by atoms with Gasteiger partial charge >= 0.3 is 5.97 Å². The molecule has 0 aliphatic heterocycles. The number of carbonyl (C=O) groups is 2. The van der Waals surface area contributed by atoms with Gasteiger partial charge in [-0.25, -0.2) is 4.79 Å². The SMILES string of the molecule is COC(=O)c1cc(C(Cl)C(C)=O)ccc1CBr. The Morgan fingerprint density at radius 3 is 2.59 bits per heavy atom. The molecule has 1 aromatic rings. The number of methoxy groups -OCH3 is 1. The molecule has 0 N–H and O–H groups in total. The lowest BCUT2D eigenvalue weighted by Crippen LogP contribution is -2.08. The number of benzene rings is 1. The number of carbonyl (C=O) groups excluding carboxylic acids is 2. The van der Waals surface area contributed by atoms with Crippen molar-refractivity contribution in [2.75, 3.05) is 7.11 Å². The van der Waals surface area contributed by atoms with E-state index in [4.69, 9.17) is 11.6 Å². The van der Waals surface area contributed by atoms with Crippen LogP contribution in [0, 0.1) is 0 Å². The van der Waals surface area contributed by atoms with E-state index in [0.29, 0.717) is 16.5 Å². The Morgan fingerprint density at radius 2 is 2.12 bits per heavy atom. The Balaban J connectivity index is 3.22. The van der Waals surface area contributed by atoms with Gasteiger partial charge in [-0.05, 0) is 24.1 Å². The summed E-state index contributed by atoms with van der Waals surface area (Å²) in [6.07, 6.45) is 0. The standard InChI is InChI=1S/C12H12BrClO3/c1-7(15)11(14)8-3-4-9(6-13)10(5-8)12(16)17-2/h3-5,11H,6H2,1-2H3. The Hall–Kier alpha value is -0.870. The second kappa shape index (κ2) is 6.17. The van der Waals surface area contributed by atoms with Gasteiger partial charge in [-0.2, -0.15) is 0 Å². The molecule has 17 heavy (non-hydrogen) atoms. The van der Waals surface area contributed by atoms with Crippen LogP contribution < -0.4 is 0 Å². The molecule has 1 aromatic carbocycles. The third kappa shape index (κ3) is 3.30. The predicted octanol–water partition coefficient (Wildman–Crippen LogP) is 3.24. The van der Waals surface area contributed by atoms with Crippen LogP contribution in [-0.4, -0.2) is 18.9 Å². The number of alkyl halides is 2. The van der Waals surface area contributed by atoms with E-state index < -0.39 is 11.3 Å². The summed E-state index contributed by atoms with van der Waals surface area (Å²) in [6, 6.07) is 5.10. The summed E-state index contributed by atoms with van der Waals surface area (Å²) < 4.78 is 4.69. The summed E-state index contributed by atoms with van der Waals surface area (Å²) in [6.45, 7) is 1.41. The first-order valence-electron chi connectivity index (χ1n) is 4.93. The molecule has 92 valence electrons. The van der Waals surface area contributed by atoms with Crippen molar-refractivity contribution in [1.82, 2.24) is 0 Å². The highest BCUT2D eigenvalue weighted by Crippen LogP contribution is 2.25. The van der Waals surface area contributed by atoms with Crippen LogP contribution >= 0.6 is 27.5 Å². The van der Waals surface area contributed by atoms with E-state index in [0.717, 1.165) is 5.56 Å². The lowest BCUT2D eigenvalue weighted by atomic mass is 10.0. The fraction of sp³-hybridized carbons (Fsp3) is 0.333. The second-order valence-electron chi connectivity index (χ2n) is 3.52. The normalized spacial score (nSPS) is 12.0. The molecule has 0 spiro atoms. The average Bonchev–Trinajstić information content (AvgIpc) is 2.35. The third-order valence-electron chi connectivity index (χ3n) is 2.33. The van der Waals surface area contributed by atoms with Gasteiger partial charge in [0.1, 0.15) is 5.38 Å². The summed E-state index contributed by atoms with van der Waals surface area (Å²) >= 11 is 9.23. The number of ketones is 1. The van der Waals surface area contributed by atoms with Gasteiger partial charge in [0, 0.05) is 5.33 Å². The van der Waals surface area contributed by atoms with E-state index >= 15 is 0 Å². The lowest BCUT2D eigenvalue weighted by molar-refractivity contribution is -0.116. The molecule has 0 saturated heterocycles. The highest BCUT2D eigenvalue weighted by Gasteiger charge is 2.18. The zero-order valence-corrected chi connectivity index (χ0v) is 11.8. The quantitative estimate of drug-likeness (QED) is 0.632. The molecule has 0 heterocycles. The fourth-order valence-corrected chi connectivity index (χ4v) is 2.03. The number of ether oxygens (including phenoxy) is 1. The van der Waals surface area contributed by atoms with Crippen LogP contribution in [-0.2, 0) is 14.9 Å². The summed E-state index contributed by atoms with van der Waals surface area (Å²) in [5, 5.41) is -0.201. The number of halogens is 2. The topological polar surface area (TPSA) is 43.4 Å². The molecule has 0 fully saturated rings. The van der Waals surface area contributed by atoms with Gasteiger partial charge in [0.05, 0.1) is 12.7 Å². The van der Waals surface area contributed by atoms with E-state index in [1.54, 1.807) is 18.2 Å². The van der Waals surface area contributed by atoms with Gasteiger partial charge < -0.3 is 4.74 Å². The molecule has 0 aliphatic carbocycles. The Kier molecular flexibility index (Phi) is 5.15. The van der Waals surface area contributed by atoms with Crippen molar-refractivity contribution in [2.24, 2.45) is 0 Å². The minimum Gasteiger partial charge on any atom is -0.465 e. The number of hydrogen-bond acceptors (Lipinski definition) is 3. The summed E-state index contributed by atoms with van der Waals surface area (Å²) in [5.74, 6) is -0.595. The minimum atomic E-state index is -0.734. The molecule has 1 unspecified atom stereocenters. The molecular weight excluding hydrogens is 307 g/mol. The fourth-order valence-electron chi connectivity index (χ4n) is 1.40. The van der Waals surface area contributed by atoms with Gasteiger partial charge in [-0.15, -0.1) is 11.6 Å². The lowest BCUT2D eigenvalue weighted by Gasteiger charge is -2.10. The van der Waals surface area contributed by atoms with Crippen molar-refractivity contribution in [3.63, 3.8) is 0 Å². The molecule has 1 atom stereocenters. The van der Waals surface area contributed by atoms with E-state index in [-0.39, 0.29) is 5.78 Å². The molecule has 0 radical (unpaired) electrons. The first-order chi connectivity index (χ1) is 8.01. The van der Waals surface area contributed by atoms with Crippen molar-refractivity contribution < 1.29 is 14.3 Å². The molecule has 1 rings (SSSR count). The zero-order valence-electron chi connectivity index (χ0n) is 9.50. The summed E-state index contributed by atoms with van der Waals surface area (Å²) in [5.41, 5.74) is 1.83. The van der Waals surface area contributed by atoms with Crippen molar-refractivity contribution in [3.8, 4) is 0 Å². The number of hydrogen-bond donors (Lipinski definition) is 0. The molecule has 5 heteroatoms. The van der Waals surface area contributed by atoms with E-state index in [1.807, 2.05) is 0 Å². The van der Waals surface area contributed by atoms with Gasteiger partial charge in [-0.1, -0.05) is 28.1 Å². The van der Waals surface area contributed by atoms with Gasteiger partial charge in [0.25, 0.3) is 0 Å². The Bertz CT molecular complexity index is 445. The zero-order chi connectivity index (χ0) is 13.0. The maximum absolute atomic E-state index is 11.6. The van der Waals surface area contributed by atoms with Crippen LogP contribution in [0.3, 0.4) is 0 Å². The number of rotatable bonds is 4. The molecule has 0 saturated carbocycles. The predicted molar refractivity (Wildman–Crippen MR) is 69.7 cm³/mol. The van der Waals surface area contributed by atoms with E-state index in [9.17, 15) is 9.59 Å². The van der Waals surface area contributed by atoms with Crippen molar-refractivity contribution in [2.45, 2.75) is 17.6 Å². The van der Waals surface area contributed by atoms with E-state index in [1.165, 1.54) is 14.0 Å². The molecular formula is C12H12BrClO3. The van der Waals surface area contributed by atoms with Crippen molar-refractivity contribution in [3.05, 3.63) is 34.9 Å². The third-order valence-corrected chi connectivity index (χ3v) is 3.50. The number of Topliss-reactive ketones (excluding diaryl/α,β-unsaturated/α-hetero) is 1. The van der Waals surface area contributed by atoms with Crippen molar-refractivity contribution >= 4 is 39.3 Å². The highest BCUT2D eigenvalue weighted by molar-refractivity contribution is 9.08. The largest absolute Gasteiger partial charge is 0.465 e. The van der Waals surface area contributed by atoms with E-state index in [2.05, 4.69) is 20.7 Å². The second-order valence-corrected chi connectivity index (χ2v) is 4.51. The van der Waals surface area contributed by atoms with Crippen LogP contribution in [0.25, 0.3) is 0 Å². The Morgan fingerprint density at radius 1 is 1.47 bits per heavy atom. The monoisotopic (exact) mass is 318 g/mol. The average molecular weight is 320 g/mol. The van der Waals surface area contributed by atoms with Crippen LogP contribution in [0.4, 0.5) is 0 Å². The minimum absolute atomic E-state index is 0.158. The first kappa shape index (κ1) is 14.2. The van der Waals surface area contributed by atoms with Crippen LogP contribution in [0.15, 0.2) is 18.2 Å². The summed E-state index contributed by atoms with van der Waals surface area (Å²) in [7, 11) is 1.32. The van der Waals surface area contributed by atoms with Crippen LogP contribution in [0.1, 0.15) is 33.8 Å². The molecule has 0 amide bonds. The molecule has 0 aromatic heterocycles. The first-order valence-corrected chi connectivity index (χ1v) is 6.48. The maximum Gasteiger partial charge on any atom is 0.338 e. The highest BCUT2D eigenvalue weighted by atomic mass is 79.9. The molecule has 3 nitrogen and oxygen atoms in total. The molecule has 0 bridgehead atoms. The smallest absolute Gasteiger partial charge is 0.338 e. The Labute approximate surface area is 113 Å².